The molecule has 0 atom stereocenters. The van der Waals surface area contributed by atoms with Crippen LogP contribution in [0.15, 0.2) is 60.3 Å². The topological polar surface area (TPSA) is 110 Å². The number of nitrogens with zero attached hydrogens (tertiary/aromatic N) is 2. The van der Waals surface area contributed by atoms with E-state index < -0.39 is 24.4 Å². The molecule has 4 rings (SSSR count). The molecule has 1 aliphatic heterocycles. The summed E-state index contributed by atoms with van der Waals surface area (Å²) in [7, 11) is 0. The van der Waals surface area contributed by atoms with Crippen molar-refractivity contribution < 1.29 is 23.9 Å². The van der Waals surface area contributed by atoms with Crippen LogP contribution in [0.1, 0.15) is 39.8 Å². The van der Waals surface area contributed by atoms with Gasteiger partial charge in [0.25, 0.3) is 5.91 Å². The minimum atomic E-state index is -0.654. The van der Waals surface area contributed by atoms with Gasteiger partial charge < -0.3 is 19.9 Å². The number of carbonyl (C=O) groups is 4. The summed E-state index contributed by atoms with van der Waals surface area (Å²) in [6, 6.07) is 15.5. The highest BCUT2D eigenvalue weighted by Crippen LogP contribution is 2.24. The van der Waals surface area contributed by atoms with Crippen LogP contribution in [-0.4, -0.2) is 46.4 Å². The van der Waals surface area contributed by atoms with Gasteiger partial charge in [-0.3, -0.25) is 9.59 Å². The number of urea groups is 1. The zero-order chi connectivity index (χ0) is 26.7. The highest BCUT2D eigenvalue weighted by molar-refractivity contribution is 6.16. The van der Waals surface area contributed by atoms with E-state index in [9.17, 15) is 19.2 Å². The summed E-state index contributed by atoms with van der Waals surface area (Å²) in [5, 5.41) is 5.27. The summed E-state index contributed by atoms with van der Waals surface area (Å²) in [5.41, 5.74) is 5.44. The van der Waals surface area contributed by atoms with Crippen LogP contribution < -0.4 is 10.6 Å². The molecule has 1 aliphatic rings. The summed E-state index contributed by atoms with van der Waals surface area (Å²) in [6.45, 7) is 7.38. The van der Waals surface area contributed by atoms with Crippen LogP contribution in [0.2, 0.25) is 0 Å². The van der Waals surface area contributed by atoms with E-state index in [0.717, 1.165) is 33.1 Å². The second kappa shape index (κ2) is 10.5. The molecule has 0 spiro atoms. The highest BCUT2D eigenvalue weighted by atomic mass is 16.5. The van der Waals surface area contributed by atoms with E-state index in [4.69, 9.17) is 4.74 Å². The largest absolute Gasteiger partial charge is 0.462 e. The zero-order valence-corrected chi connectivity index (χ0v) is 21.1. The minimum absolute atomic E-state index is 0.0891. The number of imide groups is 1. The van der Waals surface area contributed by atoms with Gasteiger partial charge in [0.1, 0.15) is 12.2 Å². The molecule has 2 heterocycles. The Bertz CT molecular complexity index is 1420. The Morgan fingerprint density at radius 3 is 2.43 bits per heavy atom. The van der Waals surface area contributed by atoms with Gasteiger partial charge in [0.2, 0.25) is 5.91 Å². The number of hydrogen-bond acceptors (Lipinski definition) is 5. The van der Waals surface area contributed by atoms with Crippen molar-refractivity contribution in [3.05, 3.63) is 88.4 Å². The van der Waals surface area contributed by atoms with Gasteiger partial charge in [-0.15, -0.1) is 0 Å². The standard InChI is InChI=1S/C28H28N4O5/c1-5-37-27(35)20-9-11-23(12-10-20)32-18(3)14-21(19(32)4)15-24-26(34)31(28(36)30-24)16-25(33)29-22-8-6-7-17(2)13-22/h6-15H,5,16H2,1-4H3,(H,29,33)(H,30,36)/b24-15+. The van der Waals surface area contributed by atoms with Gasteiger partial charge >= 0.3 is 12.0 Å². The van der Waals surface area contributed by atoms with Crippen LogP contribution in [0, 0.1) is 20.8 Å². The third-order valence-electron chi connectivity index (χ3n) is 5.97. The van der Waals surface area contributed by atoms with Gasteiger partial charge in [-0.2, -0.15) is 0 Å². The molecular formula is C28H28N4O5. The van der Waals surface area contributed by atoms with Crippen molar-refractivity contribution in [2.75, 3.05) is 18.5 Å². The molecule has 0 saturated carbocycles. The van der Waals surface area contributed by atoms with Crippen LogP contribution in [0.25, 0.3) is 11.8 Å². The summed E-state index contributed by atoms with van der Waals surface area (Å²) in [4.78, 5) is 50.7. The van der Waals surface area contributed by atoms with Crippen molar-refractivity contribution in [3.63, 3.8) is 0 Å². The van der Waals surface area contributed by atoms with Crippen LogP contribution in [0.5, 0.6) is 0 Å². The zero-order valence-electron chi connectivity index (χ0n) is 21.1. The molecule has 3 aromatic rings. The van der Waals surface area contributed by atoms with E-state index in [2.05, 4.69) is 10.6 Å². The van der Waals surface area contributed by atoms with E-state index in [1.54, 1.807) is 37.3 Å². The lowest BCUT2D eigenvalue weighted by molar-refractivity contribution is -0.127. The van der Waals surface area contributed by atoms with E-state index in [0.29, 0.717) is 17.9 Å². The van der Waals surface area contributed by atoms with Crippen molar-refractivity contribution in [2.24, 2.45) is 0 Å². The fourth-order valence-electron chi connectivity index (χ4n) is 4.23. The third kappa shape index (κ3) is 5.45. The SMILES string of the molecule is CCOC(=O)c1ccc(-n2c(C)cc(/C=C3/NC(=O)N(CC(=O)Nc4cccc(C)c4)C3=O)c2C)cc1. The number of hydrogen-bond donors (Lipinski definition) is 2. The lowest BCUT2D eigenvalue weighted by Crippen LogP contribution is -2.38. The number of amides is 4. The molecule has 1 saturated heterocycles. The quantitative estimate of drug-likeness (QED) is 0.288. The molecule has 0 unspecified atom stereocenters. The first-order valence-corrected chi connectivity index (χ1v) is 11.9. The predicted octanol–water partition coefficient (Wildman–Crippen LogP) is 4.11. The molecule has 1 aromatic heterocycles. The number of esters is 1. The van der Waals surface area contributed by atoms with Crippen molar-refractivity contribution in [1.82, 2.24) is 14.8 Å². The summed E-state index contributed by atoms with van der Waals surface area (Å²) >= 11 is 0. The lowest BCUT2D eigenvalue weighted by atomic mass is 10.2. The average molecular weight is 501 g/mol. The first-order chi connectivity index (χ1) is 17.7. The summed E-state index contributed by atoms with van der Waals surface area (Å²) in [6.07, 6.45) is 1.60. The monoisotopic (exact) mass is 500 g/mol. The Morgan fingerprint density at radius 1 is 1.03 bits per heavy atom. The summed E-state index contributed by atoms with van der Waals surface area (Å²) < 4.78 is 7.02. The molecule has 9 nitrogen and oxygen atoms in total. The van der Waals surface area contributed by atoms with Gasteiger partial charge in [-0.25, -0.2) is 14.5 Å². The van der Waals surface area contributed by atoms with Crippen LogP contribution in [0.3, 0.4) is 0 Å². The number of aryl methyl sites for hydroxylation is 2. The number of aromatic nitrogens is 1. The molecule has 0 aliphatic carbocycles. The van der Waals surface area contributed by atoms with Gasteiger partial charge in [0.15, 0.2) is 0 Å². The van der Waals surface area contributed by atoms with Crippen LogP contribution in [-0.2, 0) is 14.3 Å². The number of anilines is 1. The Kier molecular flexibility index (Phi) is 7.24. The number of nitrogens with one attached hydrogen (secondary N) is 2. The Hall–Kier alpha value is -4.66. The number of carbonyl (C=O) groups excluding carboxylic acids is 4. The summed E-state index contributed by atoms with van der Waals surface area (Å²) in [5.74, 6) is -1.43. The smallest absolute Gasteiger partial charge is 0.338 e. The van der Waals surface area contributed by atoms with Gasteiger partial charge in [-0.1, -0.05) is 12.1 Å². The lowest BCUT2D eigenvalue weighted by Gasteiger charge is -2.12. The van der Waals surface area contributed by atoms with E-state index >= 15 is 0 Å². The molecule has 1 fully saturated rings. The predicted molar refractivity (Wildman–Crippen MR) is 139 cm³/mol. The first-order valence-electron chi connectivity index (χ1n) is 11.9. The average Bonchev–Trinajstić information content (AvgIpc) is 3.28. The van der Waals surface area contributed by atoms with Gasteiger partial charge in [0, 0.05) is 22.8 Å². The number of ether oxygens (including phenoxy) is 1. The first kappa shape index (κ1) is 25.4. The molecule has 0 bridgehead atoms. The third-order valence-corrected chi connectivity index (χ3v) is 5.97. The van der Waals surface area contributed by atoms with Crippen LogP contribution >= 0.6 is 0 Å². The fraction of sp³-hybridized carbons (Fsp3) is 0.214. The Morgan fingerprint density at radius 2 is 1.76 bits per heavy atom. The molecule has 9 heteroatoms. The molecule has 2 aromatic carbocycles. The maximum atomic E-state index is 12.9. The van der Waals surface area contributed by atoms with Crippen molar-refractivity contribution in [1.29, 1.82) is 0 Å². The van der Waals surface area contributed by atoms with Crippen molar-refractivity contribution in [3.8, 4) is 5.69 Å². The van der Waals surface area contributed by atoms with Crippen LogP contribution in [0.4, 0.5) is 10.5 Å². The molecule has 37 heavy (non-hydrogen) atoms. The van der Waals surface area contributed by atoms with Crippen molar-refractivity contribution in [2.45, 2.75) is 27.7 Å². The van der Waals surface area contributed by atoms with E-state index in [1.807, 2.05) is 55.7 Å². The van der Waals surface area contributed by atoms with E-state index in [-0.39, 0.29) is 11.7 Å². The Labute approximate surface area is 214 Å². The molecular weight excluding hydrogens is 472 g/mol. The molecule has 0 radical (unpaired) electrons. The van der Waals surface area contributed by atoms with Gasteiger partial charge in [0.05, 0.1) is 12.2 Å². The molecule has 2 N–H and O–H groups in total. The molecule has 4 amide bonds. The highest BCUT2D eigenvalue weighted by Gasteiger charge is 2.35. The maximum absolute atomic E-state index is 12.9. The minimum Gasteiger partial charge on any atom is -0.462 e. The second-order valence-electron chi connectivity index (χ2n) is 8.73. The Balaban J connectivity index is 1.51. The number of rotatable bonds is 7. The number of benzene rings is 2. The normalized spacial score (nSPS) is 14.2. The fourth-order valence-corrected chi connectivity index (χ4v) is 4.23. The van der Waals surface area contributed by atoms with Gasteiger partial charge in [-0.05, 0) is 87.4 Å². The molecule has 190 valence electrons. The maximum Gasteiger partial charge on any atom is 0.338 e. The second-order valence-corrected chi connectivity index (χ2v) is 8.73. The van der Waals surface area contributed by atoms with E-state index in [1.165, 1.54) is 0 Å². The van der Waals surface area contributed by atoms with Crippen molar-refractivity contribution >= 4 is 35.6 Å².